The summed E-state index contributed by atoms with van der Waals surface area (Å²) in [5.41, 5.74) is 0.466. The second kappa shape index (κ2) is 9.31. The van der Waals surface area contributed by atoms with Crippen LogP contribution in [0, 0.1) is 11.7 Å². The van der Waals surface area contributed by atoms with Gasteiger partial charge in [0.1, 0.15) is 5.82 Å². The molecule has 2 amide bonds. The average molecular weight is 375 g/mol. The van der Waals surface area contributed by atoms with Crippen molar-refractivity contribution in [3.8, 4) is 0 Å². The number of halogens is 1. The van der Waals surface area contributed by atoms with Gasteiger partial charge in [-0.05, 0) is 43.9 Å². The second-order valence-electron chi connectivity index (χ2n) is 7.80. The van der Waals surface area contributed by atoms with E-state index in [9.17, 15) is 14.0 Å². The van der Waals surface area contributed by atoms with E-state index in [-0.39, 0.29) is 23.7 Å². The molecule has 0 aromatic heterocycles. The van der Waals surface area contributed by atoms with Crippen molar-refractivity contribution in [2.45, 2.75) is 51.5 Å². The molecule has 0 spiro atoms. The molecular formula is C21H30FN3O2. The fourth-order valence-electron chi connectivity index (χ4n) is 4.10. The summed E-state index contributed by atoms with van der Waals surface area (Å²) in [6.07, 6.45) is 6.86. The van der Waals surface area contributed by atoms with Gasteiger partial charge in [-0.2, -0.15) is 0 Å². The van der Waals surface area contributed by atoms with E-state index in [1.54, 1.807) is 12.1 Å². The molecule has 2 aliphatic rings. The van der Waals surface area contributed by atoms with Crippen LogP contribution < -0.4 is 5.32 Å². The van der Waals surface area contributed by atoms with Gasteiger partial charge in [0.2, 0.25) is 11.8 Å². The first-order valence-electron chi connectivity index (χ1n) is 10.1. The Morgan fingerprint density at radius 3 is 2.52 bits per heavy atom. The van der Waals surface area contributed by atoms with Crippen molar-refractivity contribution in [2.24, 2.45) is 5.92 Å². The zero-order valence-electron chi connectivity index (χ0n) is 16.1. The molecule has 1 saturated heterocycles. The van der Waals surface area contributed by atoms with Gasteiger partial charge in [0.25, 0.3) is 0 Å². The summed E-state index contributed by atoms with van der Waals surface area (Å²) < 4.78 is 13.3. The molecule has 6 heteroatoms. The van der Waals surface area contributed by atoms with E-state index in [0.29, 0.717) is 44.2 Å². The predicted octanol–water partition coefficient (Wildman–Crippen LogP) is 3.27. The quantitative estimate of drug-likeness (QED) is 0.859. The molecule has 2 fully saturated rings. The van der Waals surface area contributed by atoms with Crippen LogP contribution in [0.4, 0.5) is 10.1 Å². The van der Waals surface area contributed by atoms with Crippen LogP contribution in [0.1, 0.15) is 45.4 Å². The van der Waals surface area contributed by atoms with Crippen LogP contribution in [-0.2, 0) is 9.59 Å². The van der Waals surface area contributed by atoms with Gasteiger partial charge in [0.15, 0.2) is 0 Å². The Morgan fingerprint density at radius 2 is 1.85 bits per heavy atom. The summed E-state index contributed by atoms with van der Waals surface area (Å²) in [5, 5.41) is 2.77. The van der Waals surface area contributed by atoms with E-state index in [1.165, 1.54) is 44.2 Å². The topological polar surface area (TPSA) is 52.7 Å². The van der Waals surface area contributed by atoms with Gasteiger partial charge in [-0.3, -0.25) is 14.5 Å². The van der Waals surface area contributed by atoms with E-state index in [1.807, 2.05) is 11.8 Å². The third-order valence-corrected chi connectivity index (χ3v) is 5.87. The largest absolute Gasteiger partial charge is 0.340 e. The average Bonchev–Trinajstić information content (AvgIpc) is 2.68. The Hall–Kier alpha value is -1.95. The van der Waals surface area contributed by atoms with Crippen molar-refractivity contribution < 1.29 is 14.0 Å². The molecule has 0 bridgehead atoms. The molecule has 27 heavy (non-hydrogen) atoms. The number of amides is 2. The van der Waals surface area contributed by atoms with Crippen molar-refractivity contribution in [1.29, 1.82) is 0 Å². The van der Waals surface area contributed by atoms with Crippen LogP contribution in [-0.4, -0.2) is 53.8 Å². The lowest BCUT2D eigenvalue weighted by atomic mass is 9.86. The Morgan fingerprint density at radius 1 is 1.15 bits per heavy atom. The zero-order valence-corrected chi connectivity index (χ0v) is 16.1. The molecule has 1 saturated carbocycles. The lowest BCUT2D eigenvalue weighted by molar-refractivity contribution is -0.135. The van der Waals surface area contributed by atoms with Crippen molar-refractivity contribution in [2.75, 3.05) is 31.5 Å². The Labute approximate surface area is 160 Å². The summed E-state index contributed by atoms with van der Waals surface area (Å²) in [6, 6.07) is 5.60. The third-order valence-electron chi connectivity index (χ3n) is 5.87. The van der Waals surface area contributed by atoms with Crippen LogP contribution in [0.2, 0.25) is 0 Å². The van der Waals surface area contributed by atoms with Crippen LogP contribution in [0.5, 0.6) is 0 Å². The van der Waals surface area contributed by atoms with E-state index in [0.717, 1.165) is 0 Å². The Kier molecular flexibility index (Phi) is 6.83. The molecule has 1 N–H and O–H groups in total. The molecule has 0 radical (unpaired) electrons. The first kappa shape index (κ1) is 19.8. The molecule has 5 nitrogen and oxygen atoms in total. The van der Waals surface area contributed by atoms with Gasteiger partial charge in [0, 0.05) is 38.3 Å². The number of hydrogen-bond acceptors (Lipinski definition) is 3. The van der Waals surface area contributed by atoms with Crippen molar-refractivity contribution in [3.63, 3.8) is 0 Å². The van der Waals surface area contributed by atoms with E-state index < -0.39 is 0 Å². The number of anilines is 1. The van der Waals surface area contributed by atoms with Gasteiger partial charge >= 0.3 is 0 Å². The molecule has 148 valence electrons. The second-order valence-corrected chi connectivity index (χ2v) is 7.80. The number of nitrogens with zero attached hydrogens (tertiary/aromatic N) is 2. The highest BCUT2D eigenvalue weighted by Gasteiger charge is 2.28. The number of carbonyl (C=O) groups is 2. The maximum Gasteiger partial charge on any atom is 0.241 e. The van der Waals surface area contributed by atoms with Crippen LogP contribution in [0.15, 0.2) is 24.3 Å². The lowest BCUT2D eigenvalue weighted by Gasteiger charge is -2.38. The molecule has 1 heterocycles. The monoisotopic (exact) mass is 375 g/mol. The standard InChI is InChI=1S/C21H30FN3O2/c1-16(21(27)23-19-9-5-8-18(22)15-19)24-10-12-25(13-11-24)20(26)14-17-6-3-2-4-7-17/h5,8-9,15-17H,2-4,6-7,10-14H2,1H3,(H,23,27). The summed E-state index contributed by atoms with van der Waals surface area (Å²) in [6.45, 7) is 4.57. The Bertz CT molecular complexity index is 653. The summed E-state index contributed by atoms with van der Waals surface area (Å²) >= 11 is 0. The highest BCUT2D eigenvalue weighted by atomic mass is 19.1. The molecule has 1 aliphatic carbocycles. The molecule has 1 aromatic carbocycles. The van der Waals surface area contributed by atoms with Crippen molar-refractivity contribution in [3.05, 3.63) is 30.1 Å². The molecule has 1 unspecified atom stereocenters. The number of piperazine rings is 1. The minimum absolute atomic E-state index is 0.150. The molecular weight excluding hydrogens is 345 g/mol. The van der Waals surface area contributed by atoms with Gasteiger partial charge in [-0.15, -0.1) is 0 Å². The smallest absolute Gasteiger partial charge is 0.241 e. The summed E-state index contributed by atoms with van der Waals surface area (Å²) in [7, 11) is 0. The maximum absolute atomic E-state index is 13.3. The zero-order chi connectivity index (χ0) is 19.2. The molecule has 1 atom stereocenters. The van der Waals surface area contributed by atoms with Gasteiger partial charge in [0.05, 0.1) is 6.04 Å². The lowest BCUT2D eigenvalue weighted by Crippen LogP contribution is -2.54. The number of benzene rings is 1. The fraction of sp³-hybridized carbons (Fsp3) is 0.619. The normalized spacial score (nSPS) is 20.3. The van der Waals surface area contributed by atoms with E-state index in [4.69, 9.17) is 0 Å². The first-order chi connectivity index (χ1) is 13.0. The fourth-order valence-corrected chi connectivity index (χ4v) is 4.10. The van der Waals surface area contributed by atoms with Crippen molar-refractivity contribution in [1.82, 2.24) is 9.80 Å². The van der Waals surface area contributed by atoms with E-state index in [2.05, 4.69) is 10.2 Å². The number of rotatable bonds is 5. The van der Waals surface area contributed by atoms with Gasteiger partial charge < -0.3 is 10.2 Å². The van der Waals surface area contributed by atoms with Crippen molar-refractivity contribution >= 4 is 17.5 Å². The SMILES string of the molecule is CC(C(=O)Nc1cccc(F)c1)N1CCN(C(=O)CC2CCCCC2)CC1. The molecule has 3 rings (SSSR count). The third kappa shape index (κ3) is 5.51. The minimum atomic E-state index is -0.370. The number of nitrogens with one attached hydrogen (secondary N) is 1. The first-order valence-corrected chi connectivity index (χ1v) is 10.1. The van der Waals surface area contributed by atoms with Crippen LogP contribution in [0.25, 0.3) is 0 Å². The highest BCUT2D eigenvalue weighted by Crippen LogP contribution is 2.27. The highest BCUT2D eigenvalue weighted by molar-refractivity contribution is 5.94. The maximum atomic E-state index is 13.3. The van der Waals surface area contributed by atoms with E-state index >= 15 is 0 Å². The summed E-state index contributed by atoms with van der Waals surface area (Å²) in [5.74, 6) is 0.298. The summed E-state index contributed by atoms with van der Waals surface area (Å²) in [4.78, 5) is 29.0. The van der Waals surface area contributed by atoms with Crippen LogP contribution in [0.3, 0.4) is 0 Å². The Balaban J connectivity index is 1.44. The molecule has 1 aliphatic heterocycles. The van der Waals surface area contributed by atoms with Crippen LogP contribution >= 0.6 is 0 Å². The number of carbonyl (C=O) groups excluding carboxylic acids is 2. The van der Waals surface area contributed by atoms with Gasteiger partial charge in [-0.1, -0.05) is 25.3 Å². The minimum Gasteiger partial charge on any atom is -0.340 e. The van der Waals surface area contributed by atoms with Gasteiger partial charge in [-0.25, -0.2) is 4.39 Å². The molecule has 1 aromatic rings. The predicted molar refractivity (Wildman–Crippen MR) is 104 cm³/mol. The number of hydrogen-bond donors (Lipinski definition) is 1.